The molecule has 2 nitrogen and oxygen atoms in total. The molecule has 1 aliphatic carbocycles. The Morgan fingerprint density at radius 2 is 1.26 bits per heavy atom. The smallest absolute Gasteiger partial charge is 0.193 e. The first-order chi connectivity index (χ1) is 10.1. The van der Waals surface area contributed by atoms with Crippen LogP contribution in [-0.4, -0.2) is 28.8 Å². The quantitative estimate of drug-likeness (QED) is 0.553. The molecule has 0 spiro atoms. The van der Waals surface area contributed by atoms with E-state index in [9.17, 15) is 0 Å². The molecule has 134 valence electrons. The van der Waals surface area contributed by atoms with E-state index in [2.05, 4.69) is 92.9 Å². The maximum atomic E-state index is 6.74. The van der Waals surface area contributed by atoms with Crippen molar-refractivity contribution in [3.8, 4) is 0 Å². The minimum atomic E-state index is -1.84. The summed E-state index contributed by atoms with van der Waals surface area (Å²) in [7, 11) is -3.66. The van der Waals surface area contributed by atoms with Crippen molar-refractivity contribution in [2.75, 3.05) is 0 Å². The van der Waals surface area contributed by atoms with Gasteiger partial charge in [-0.2, -0.15) is 0 Å². The van der Waals surface area contributed by atoms with Crippen molar-refractivity contribution >= 4 is 16.6 Å². The second kappa shape index (κ2) is 6.62. The third-order valence-electron chi connectivity index (χ3n) is 5.87. The van der Waals surface area contributed by atoms with Gasteiger partial charge in [0.1, 0.15) is 0 Å². The number of rotatable bonds is 4. The van der Waals surface area contributed by atoms with Gasteiger partial charge in [-0.3, -0.25) is 0 Å². The second-order valence-electron chi connectivity index (χ2n) is 9.94. The van der Waals surface area contributed by atoms with Gasteiger partial charge in [0, 0.05) is 0 Å². The normalized spacial score (nSPS) is 23.9. The van der Waals surface area contributed by atoms with Crippen molar-refractivity contribution in [3.05, 3.63) is 23.8 Å². The lowest BCUT2D eigenvalue weighted by atomic mass is 10.0. The molecular weight excluding hydrogens is 316 g/mol. The van der Waals surface area contributed by atoms with Crippen LogP contribution in [0.5, 0.6) is 0 Å². The van der Waals surface area contributed by atoms with Crippen molar-refractivity contribution in [2.24, 2.45) is 0 Å². The summed E-state index contributed by atoms with van der Waals surface area (Å²) in [5.74, 6) is 0. The lowest BCUT2D eigenvalue weighted by Crippen LogP contribution is -2.52. The molecule has 0 amide bonds. The highest BCUT2D eigenvalue weighted by Gasteiger charge is 2.44. The zero-order chi connectivity index (χ0) is 18.3. The Balaban J connectivity index is 3.04. The van der Waals surface area contributed by atoms with E-state index in [1.54, 1.807) is 0 Å². The van der Waals surface area contributed by atoms with Crippen LogP contribution in [0.25, 0.3) is 0 Å². The number of allylic oxidation sites excluding steroid dienone is 2. The van der Waals surface area contributed by atoms with E-state index in [0.29, 0.717) is 0 Å². The van der Waals surface area contributed by atoms with Gasteiger partial charge in [-0.15, -0.1) is 0 Å². The van der Waals surface area contributed by atoms with Crippen molar-refractivity contribution in [2.45, 2.75) is 96.9 Å². The highest BCUT2D eigenvalue weighted by molar-refractivity contribution is 6.74. The maximum Gasteiger partial charge on any atom is 0.193 e. The molecule has 0 saturated carbocycles. The zero-order valence-corrected chi connectivity index (χ0v) is 19.2. The summed E-state index contributed by atoms with van der Waals surface area (Å²) in [5, 5.41) is 0.410. The highest BCUT2D eigenvalue weighted by Crippen LogP contribution is 2.42. The standard InChI is InChI=1S/C19H38O2Si2/c1-15-13-12-14-16(20-22(8,9)18(2,3)4)17(15)21-23(10,11)19(5,6)7/h12-14,16-17H,1-11H3/t16-,17-/m0/s1. The maximum absolute atomic E-state index is 6.74. The summed E-state index contributed by atoms with van der Waals surface area (Å²) < 4.78 is 13.4. The third-order valence-corrected chi connectivity index (χ3v) is 14.8. The molecule has 0 unspecified atom stereocenters. The Kier molecular flexibility index (Phi) is 6.01. The molecule has 0 aliphatic heterocycles. The van der Waals surface area contributed by atoms with Gasteiger partial charge in [-0.1, -0.05) is 59.8 Å². The molecule has 23 heavy (non-hydrogen) atoms. The van der Waals surface area contributed by atoms with Crippen LogP contribution in [0.4, 0.5) is 0 Å². The fraction of sp³-hybridized carbons (Fsp3) is 0.789. The minimum absolute atomic E-state index is 0.0371. The SMILES string of the molecule is CC1=CC=C[C@H](O[Si](C)(C)C(C)(C)C)[C@H]1O[Si](C)(C)C(C)(C)C. The molecule has 0 heterocycles. The Morgan fingerprint density at radius 3 is 1.70 bits per heavy atom. The molecule has 0 saturated heterocycles. The van der Waals surface area contributed by atoms with Crippen LogP contribution in [-0.2, 0) is 8.85 Å². The van der Waals surface area contributed by atoms with Crippen molar-refractivity contribution in [1.29, 1.82) is 0 Å². The average molecular weight is 355 g/mol. The van der Waals surface area contributed by atoms with Gasteiger partial charge in [-0.25, -0.2) is 0 Å². The van der Waals surface area contributed by atoms with Crippen molar-refractivity contribution < 1.29 is 8.85 Å². The Labute approximate surface area is 146 Å². The molecule has 0 N–H and O–H groups in total. The van der Waals surface area contributed by atoms with E-state index in [0.717, 1.165) is 0 Å². The summed E-state index contributed by atoms with van der Waals surface area (Å²) in [6.45, 7) is 25.2. The number of hydrogen-bond acceptors (Lipinski definition) is 2. The van der Waals surface area contributed by atoms with E-state index in [1.807, 2.05) is 0 Å². The molecule has 0 aromatic carbocycles. The Hall–Kier alpha value is -0.166. The van der Waals surface area contributed by atoms with Crippen LogP contribution in [0.1, 0.15) is 48.5 Å². The summed E-state index contributed by atoms with van der Waals surface area (Å²) in [6, 6.07) is 0. The summed E-state index contributed by atoms with van der Waals surface area (Å²) in [5.41, 5.74) is 1.28. The van der Waals surface area contributed by atoms with Crippen LogP contribution >= 0.6 is 0 Å². The molecule has 0 bridgehead atoms. The molecule has 0 aromatic rings. The number of hydrogen-bond donors (Lipinski definition) is 0. The molecular formula is C19H38O2Si2. The first kappa shape index (κ1) is 20.9. The molecule has 1 aliphatic rings. The molecule has 4 heteroatoms. The van der Waals surface area contributed by atoms with Crippen LogP contribution in [0.2, 0.25) is 36.3 Å². The van der Waals surface area contributed by atoms with Gasteiger partial charge in [0.05, 0.1) is 12.2 Å². The molecule has 0 radical (unpaired) electrons. The fourth-order valence-corrected chi connectivity index (χ4v) is 4.59. The van der Waals surface area contributed by atoms with Gasteiger partial charge in [-0.05, 0) is 48.8 Å². The lowest BCUT2D eigenvalue weighted by Gasteiger charge is -2.45. The predicted octanol–water partition coefficient (Wildman–Crippen LogP) is 6.28. The van der Waals surface area contributed by atoms with Gasteiger partial charge in [0.2, 0.25) is 0 Å². The monoisotopic (exact) mass is 354 g/mol. The van der Waals surface area contributed by atoms with Gasteiger partial charge in [0.15, 0.2) is 16.6 Å². The summed E-state index contributed by atoms with van der Waals surface area (Å²) in [6.07, 6.45) is 6.57. The first-order valence-corrected chi connectivity index (χ1v) is 14.6. The average Bonchev–Trinajstić information content (AvgIpc) is 2.30. The highest BCUT2D eigenvalue weighted by atomic mass is 28.4. The predicted molar refractivity (Wildman–Crippen MR) is 107 cm³/mol. The minimum Gasteiger partial charge on any atom is -0.408 e. The topological polar surface area (TPSA) is 18.5 Å². The Morgan fingerprint density at radius 1 is 0.826 bits per heavy atom. The molecule has 0 aromatic heterocycles. The molecule has 2 atom stereocenters. The lowest BCUT2D eigenvalue weighted by molar-refractivity contribution is 0.0849. The Bertz CT molecular complexity index is 477. The van der Waals surface area contributed by atoms with E-state index in [-0.39, 0.29) is 22.3 Å². The van der Waals surface area contributed by atoms with Gasteiger partial charge < -0.3 is 8.85 Å². The van der Waals surface area contributed by atoms with Crippen LogP contribution in [0, 0.1) is 0 Å². The summed E-state index contributed by atoms with van der Waals surface area (Å²) >= 11 is 0. The van der Waals surface area contributed by atoms with E-state index in [4.69, 9.17) is 8.85 Å². The van der Waals surface area contributed by atoms with Gasteiger partial charge >= 0.3 is 0 Å². The summed E-state index contributed by atoms with van der Waals surface area (Å²) in [4.78, 5) is 0. The molecule has 1 rings (SSSR count). The van der Waals surface area contributed by atoms with Gasteiger partial charge in [0.25, 0.3) is 0 Å². The van der Waals surface area contributed by atoms with E-state index in [1.165, 1.54) is 5.57 Å². The third kappa shape index (κ3) is 4.91. The largest absolute Gasteiger partial charge is 0.408 e. The zero-order valence-electron chi connectivity index (χ0n) is 17.2. The van der Waals surface area contributed by atoms with Crippen LogP contribution < -0.4 is 0 Å². The van der Waals surface area contributed by atoms with Crippen molar-refractivity contribution in [3.63, 3.8) is 0 Å². The van der Waals surface area contributed by atoms with Crippen LogP contribution in [0.3, 0.4) is 0 Å². The fourth-order valence-electron chi connectivity index (χ4n) is 2.04. The second-order valence-corrected chi connectivity index (χ2v) is 19.4. The molecule has 0 fully saturated rings. The van der Waals surface area contributed by atoms with Crippen molar-refractivity contribution in [1.82, 2.24) is 0 Å². The van der Waals surface area contributed by atoms with Crippen LogP contribution in [0.15, 0.2) is 23.8 Å². The first-order valence-electron chi connectivity index (χ1n) is 8.79. The van der Waals surface area contributed by atoms with E-state index >= 15 is 0 Å². The van der Waals surface area contributed by atoms with E-state index < -0.39 is 16.6 Å².